The van der Waals surface area contributed by atoms with Crippen LogP contribution in [-0.4, -0.2) is 59.4 Å². The summed E-state index contributed by atoms with van der Waals surface area (Å²) in [6, 6.07) is 14.1. The van der Waals surface area contributed by atoms with E-state index in [1.165, 1.54) is 5.56 Å². The van der Waals surface area contributed by atoms with Gasteiger partial charge in [-0.05, 0) is 58.0 Å². The number of aryl methyl sites for hydroxylation is 1. The molecule has 0 aliphatic carbocycles. The van der Waals surface area contributed by atoms with Gasteiger partial charge in [-0.1, -0.05) is 23.8 Å². The van der Waals surface area contributed by atoms with Gasteiger partial charge in [0.05, 0.1) is 11.0 Å². The Balaban J connectivity index is 1.53. The molecular weight excluding hydrogens is 378 g/mol. The first-order valence-corrected chi connectivity index (χ1v) is 10.5. The fraction of sp³-hybridized carbons (Fsp3) is 0.417. The fourth-order valence-electron chi connectivity index (χ4n) is 3.81. The van der Waals surface area contributed by atoms with Gasteiger partial charge in [-0.3, -0.25) is 9.69 Å². The number of carboxylic acids is 1. The number of carbonyl (C=O) groups is 1. The number of nitrogens with zero attached hydrogens (tertiary/aromatic N) is 3. The highest BCUT2D eigenvalue weighted by Crippen LogP contribution is 2.38. The number of benzene rings is 2. The van der Waals surface area contributed by atoms with Crippen molar-refractivity contribution in [1.29, 1.82) is 0 Å². The van der Waals surface area contributed by atoms with Crippen LogP contribution in [0.2, 0.25) is 0 Å². The van der Waals surface area contributed by atoms with Crippen LogP contribution < -0.4 is 4.74 Å². The summed E-state index contributed by atoms with van der Waals surface area (Å²) >= 11 is 0. The molecule has 0 unspecified atom stereocenters. The number of ether oxygens (including phenoxy) is 1. The van der Waals surface area contributed by atoms with Crippen LogP contribution in [-0.2, 0) is 4.79 Å². The first kappa shape index (κ1) is 20.4. The number of rotatable bonds is 4. The van der Waals surface area contributed by atoms with E-state index in [0.29, 0.717) is 6.42 Å². The predicted molar refractivity (Wildman–Crippen MR) is 118 cm³/mol. The van der Waals surface area contributed by atoms with E-state index in [-0.39, 0.29) is 0 Å². The second kappa shape index (κ2) is 8.11. The van der Waals surface area contributed by atoms with E-state index in [0.717, 1.165) is 61.3 Å². The van der Waals surface area contributed by atoms with Gasteiger partial charge in [-0.25, -0.2) is 4.99 Å². The Labute approximate surface area is 177 Å². The third-order valence-electron chi connectivity index (χ3n) is 5.99. The Hall–Kier alpha value is -2.86. The molecule has 30 heavy (non-hydrogen) atoms. The Morgan fingerprint density at radius 3 is 2.57 bits per heavy atom. The normalized spacial score (nSPS) is 16.8. The Kier molecular flexibility index (Phi) is 5.52. The molecule has 158 valence electrons. The number of carboxylic acid groups (broad SMARTS) is 1. The first-order chi connectivity index (χ1) is 14.3. The van der Waals surface area contributed by atoms with Crippen molar-refractivity contribution in [2.24, 2.45) is 10.4 Å². The number of hydrogen-bond acceptors (Lipinski definition) is 5. The summed E-state index contributed by atoms with van der Waals surface area (Å²) in [5.41, 5.74) is 2.34. The van der Waals surface area contributed by atoms with Crippen molar-refractivity contribution in [3.05, 3.63) is 53.6 Å². The predicted octanol–water partition coefficient (Wildman–Crippen LogP) is 4.30. The van der Waals surface area contributed by atoms with Gasteiger partial charge < -0.3 is 14.7 Å². The number of aliphatic imine (C=N–C) groups is 1. The van der Waals surface area contributed by atoms with Crippen molar-refractivity contribution in [2.75, 3.05) is 32.7 Å². The fourth-order valence-corrected chi connectivity index (χ4v) is 3.81. The number of amidine groups is 1. The van der Waals surface area contributed by atoms with Gasteiger partial charge in [0.2, 0.25) is 0 Å². The quantitative estimate of drug-likeness (QED) is 0.819. The highest BCUT2D eigenvalue weighted by atomic mass is 16.5. The van der Waals surface area contributed by atoms with Crippen LogP contribution in [0, 0.1) is 12.3 Å². The average molecular weight is 408 g/mol. The molecular formula is C24H29N3O3. The van der Waals surface area contributed by atoms with Crippen LogP contribution in [0.3, 0.4) is 0 Å². The maximum Gasteiger partial charge on any atom is 0.309 e. The van der Waals surface area contributed by atoms with Crippen molar-refractivity contribution in [3.63, 3.8) is 0 Å². The molecule has 2 aliphatic heterocycles. The van der Waals surface area contributed by atoms with Gasteiger partial charge in [0.1, 0.15) is 17.3 Å². The van der Waals surface area contributed by atoms with Gasteiger partial charge in [-0.2, -0.15) is 0 Å². The van der Waals surface area contributed by atoms with Crippen LogP contribution in [0.25, 0.3) is 0 Å². The van der Waals surface area contributed by atoms with Gasteiger partial charge in [0.15, 0.2) is 5.75 Å². The summed E-state index contributed by atoms with van der Waals surface area (Å²) in [4.78, 5) is 21.0. The lowest BCUT2D eigenvalue weighted by atomic mass is 9.89. The summed E-state index contributed by atoms with van der Waals surface area (Å²) < 4.78 is 6.19. The largest absolute Gasteiger partial charge is 0.481 e. The van der Waals surface area contributed by atoms with E-state index < -0.39 is 11.4 Å². The summed E-state index contributed by atoms with van der Waals surface area (Å²) in [5.74, 6) is 1.81. The lowest BCUT2D eigenvalue weighted by Gasteiger charge is -2.37. The second-order valence-electron chi connectivity index (χ2n) is 8.77. The molecule has 0 spiro atoms. The third-order valence-corrected chi connectivity index (χ3v) is 5.99. The monoisotopic (exact) mass is 407 g/mol. The van der Waals surface area contributed by atoms with E-state index in [1.54, 1.807) is 13.8 Å². The van der Waals surface area contributed by atoms with Gasteiger partial charge in [0, 0.05) is 26.2 Å². The molecule has 2 heterocycles. The number of aliphatic carboxylic acids is 1. The van der Waals surface area contributed by atoms with Crippen molar-refractivity contribution in [1.82, 2.24) is 9.80 Å². The molecule has 1 saturated heterocycles. The molecule has 0 amide bonds. The maximum absolute atomic E-state index is 11.4. The van der Waals surface area contributed by atoms with Gasteiger partial charge in [0.25, 0.3) is 0 Å². The van der Waals surface area contributed by atoms with E-state index >= 15 is 0 Å². The van der Waals surface area contributed by atoms with Crippen LogP contribution in [0.5, 0.6) is 11.5 Å². The summed E-state index contributed by atoms with van der Waals surface area (Å²) in [7, 11) is 0. The minimum atomic E-state index is -0.736. The second-order valence-corrected chi connectivity index (χ2v) is 8.77. The van der Waals surface area contributed by atoms with Crippen molar-refractivity contribution >= 4 is 17.5 Å². The molecule has 1 N–H and O–H groups in total. The molecule has 4 rings (SSSR count). The molecule has 0 atom stereocenters. The topological polar surface area (TPSA) is 65.4 Å². The van der Waals surface area contributed by atoms with Crippen molar-refractivity contribution in [2.45, 2.75) is 27.2 Å². The molecule has 0 aromatic heterocycles. The zero-order valence-corrected chi connectivity index (χ0v) is 17.9. The van der Waals surface area contributed by atoms with Crippen molar-refractivity contribution in [3.8, 4) is 11.5 Å². The molecule has 0 radical (unpaired) electrons. The Morgan fingerprint density at radius 2 is 1.83 bits per heavy atom. The Bertz CT molecular complexity index is 975. The molecule has 6 nitrogen and oxygen atoms in total. The van der Waals surface area contributed by atoms with E-state index in [1.807, 2.05) is 30.3 Å². The number of fused-ring (bicyclic) bond motifs is 2. The van der Waals surface area contributed by atoms with E-state index in [4.69, 9.17) is 9.73 Å². The number of hydrogen-bond donors (Lipinski definition) is 1. The summed E-state index contributed by atoms with van der Waals surface area (Å²) in [5, 5.41) is 9.35. The SMILES string of the molecule is Cc1ccc2c(c1)C(N1CCN(CCC(C)(C)C(=O)O)CC1)=Nc1ccccc1O2. The standard InChI is InChI=1S/C24H29N3O3/c1-17-8-9-20-18(16-17)22(25-19-6-4-5-7-21(19)30-20)27-14-12-26(13-15-27)11-10-24(2,3)23(28)29/h4-9,16H,10-15H2,1-3H3,(H,28,29). The molecule has 2 aromatic rings. The molecule has 2 aliphatic rings. The number of para-hydroxylation sites is 2. The molecule has 0 saturated carbocycles. The molecule has 0 bridgehead atoms. The molecule has 2 aromatic carbocycles. The number of piperazine rings is 1. The highest BCUT2D eigenvalue weighted by molar-refractivity contribution is 6.04. The van der Waals surface area contributed by atoms with Crippen molar-refractivity contribution < 1.29 is 14.6 Å². The van der Waals surface area contributed by atoms with Gasteiger partial charge in [-0.15, -0.1) is 0 Å². The van der Waals surface area contributed by atoms with Crippen LogP contribution in [0.15, 0.2) is 47.5 Å². The van der Waals surface area contributed by atoms with Crippen LogP contribution in [0.1, 0.15) is 31.4 Å². The molecule has 6 heteroatoms. The van der Waals surface area contributed by atoms with E-state index in [2.05, 4.69) is 28.9 Å². The highest BCUT2D eigenvalue weighted by Gasteiger charge is 2.30. The summed E-state index contributed by atoms with van der Waals surface area (Å²) in [6.45, 7) is 9.94. The first-order valence-electron chi connectivity index (χ1n) is 10.5. The minimum absolute atomic E-state index is 0.645. The summed E-state index contributed by atoms with van der Waals surface area (Å²) in [6.07, 6.45) is 0.645. The lowest BCUT2D eigenvalue weighted by molar-refractivity contribution is -0.147. The smallest absolute Gasteiger partial charge is 0.309 e. The third kappa shape index (κ3) is 4.19. The van der Waals surface area contributed by atoms with E-state index in [9.17, 15) is 9.90 Å². The lowest BCUT2D eigenvalue weighted by Crippen LogP contribution is -2.49. The zero-order valence-electron chi connectivity index (χ0n) is 17.9. The average Bonchev–Trinajstić information content (AvgIpc) is 2.89. The maximum atomic E-state index is 11.4. The van der Waals surface area contributed by atoms with Gasteiger partial charge >= 0.3 is 5.97 Å². The van der Waals surface area contributed by atoms with Crippen LogP contribution in [0.4, 0.5) is 5.69 Å². The minimum Gasteiger partial charge on any atom is -0.481 e. The molecule has 1 fully saturated rings. The van der Waals surface area contributed by atoms with Crippen LogP contribution >= 0.6 is 0 Å². The zero-order chi connectivity index (χ0) is 21.3. The Morgan fingerprint density at radius 1 is 1.10 bits per heavy atom.